The zero-order chi connectivity index (χ0) is 13.9. The molecule has 0 fully saturated rings. The van der Waals surface area contributed by atoms with Crippen LogP contribution in [0.1, 0.15) is 0 Å². The fourth-order valence-electron chi connectivity index (χ4n) is 2.01. The van der Waals surface area contributed by atoms with Crippen LogP contribution in [0.5, 0.6) is 0 Å². The van der Waals surface area contributed by atoms with E-state index in [1.165, 1.54) is 0 Å². The van der Waals surface area contributed by atoms with Gasteiger partial charge in [0.25, 0.3) is 0 Å². The summed E-state index contributed by atoms with van der Waals surface area (Å²) in [6, 6.07) is 14.6. The van der Waals surface area contributed by atoms with Gasteiger partial charge in [-0.1, -0.05) is 24.8 Å². The molecule has 1 aliphatic rings. The number of nitrogens with one attached hydrogen (secondary N) is 4. The molecule has 5 heteroatoms. The average molecular weight is 266 g/mol. The van der Waals surface area contributed by atoms with Crippen LogP contribution in [0.3, 0.4) is 0 Å². The van der Waals surface area contributed by atoms with Crippen molar-refractivity contribution in [2.75, 3.05) is 21.3 Å². The van der Waals surface area contributed by atoms with Crippen molar-refractivity contribution in [2.24, 2.45) is 0 Å². The highest BCUT2D eigenvalue weighted by Crippen LogP contribution is 2.32. The lowest BCUT2D eigenvalue weighted by molar-refractivity contribution is 0.262. The Morgan fingerprint density at radius 1 is 0.900 bits per heavy atom. The Morgan fingerprint density at radius 3 is 2.40 bits per heavy atom. The molecule has 100 valence electrons. The van der Waals surface area contributed by atoms with Crippen LogP contribution in [0, 0.1) is 0 Å². The van der Waals surface area contributed by atoms with Crippen LogP contribution in [-0.4, -0.2) is 6.03 Å². The SMILES string of the molecule is C=C1Nc2ccc(NC(=O)Nc3ccccc3)cc2N1. The van der Waals surface area contributed by atoms with E-state index in [1.807, 2.05) is 48.5 Å². The van der Waals surface area contributed by atoms with Gasteiger partial charge in [0.05, 0.1) is 11.4 Å². The molecule has 0 unspecified atom stereocenters. The van der Waals surface area contributed by atoms with Gasteiger partial charge in [-0.25, -0.2) is 4.79 Å². The first-order valence-corrected chi connectivity index (χ1v) is 6.21. The molecule has 0 bridgehead atoms. The van der Waals surface area contributed by atoms with Gasteiger partial charge in [0.1, 0.15) is 5.82 Å². The normalized spacial score (nSPS) is 12.1. The van der Waals surface area contributed by atoms with Crippen LogP contribution in [0.15, 0.2) is 60.9 Å². The van der Waals surface area contributed by atoms with Crippen LogP contribution in [-0.2, 0) is 0 Å². The van der Waals surface area contributed by atoms with Crippen molar-refractivity contribution in [3.8, 4) is 0 Å². The molecule has 1 aliphatic heterocycles. The standard InChI is InChI=1S/C15H14N4O/c1-10-16-13-8-7-12(9-14(13)17-10)19-15(20)18-11-5-3-2-4-6-11/h2-9,16-17H,1H2,(H2,18,19,20). The zero-order valence-electron chi connectivity index (χ0n) is 10.7. The highest BCUT2D eigenvalue weighted by Gasteiger charge is 2.13. The summed E-state index contributed by atoms with van der Waals surface area (Å²) in [7, 11) is 0. The number of carbonyl (C=O) groups excluding carboxylic acids is 1. The first-order valence-electron chi connectivity index (χ1n) is 6.21. The summed E-state index contributed by atoms with van der Waals surface area (Å²) in [6.07, 6.45) is 0. The molecule has 20 heavy (non-hydrogen) atoms. The molecule has 4 N–H and O–H groups in total. The predicted octanol–water partition coefficient (Wildman–Crippen LogP) is 3.64. The number of fused-ring (bicyclic) bond motifs is 1. The van der Waals surface area contributed by atoms with Gasteiger partial charge in [0.2, 0.25) is 0 Å². The summed E-state index contributed by atoms with van der Waals surface area (Å²) in [6.45, 7) is 3.79. The molecule has 3 rings (SSSR count). The summed E-state index contributed by atoms with van der Waals surface area (Å²) in [5, 5.41) is 11.7. The van der Waals surface area contributed by atoms with Gasteiger partial charge in [0, 0.05) is 11.4 Å². The molecule has 0 aliphatic carbocycles. The minimum atomic E-state index is -0.277. The molecule has 1 heterocycles. The Kier molecular flexibility index (Phi) is 3.01. The lowest BCUT2D eigenvalue weighted by Crippen LogP contribution is -2.19. The van der Waals surface area contributed by atoms with E-state index in [9.17, 15) is 4.79 Å². The van der Waals surface area contributed by atoms with E-state index < -0.39 is 0 Å². The molecule has 2 amide bonds. The maximum absolute atomic E-state index is 11.9. The lowest BCUT2D eigenvalue weighted by atomic mass is 10.2. The van der Waals surface area contributed by atoms with Gasteiger partial charge in [-0.3, -0.25) is 0 Å². The lowest BCUT2D eigenvalue weighted by Gasteiger charge is -2.08. The van der Waals surface area contributed by atoms with E-state index in [0.29, 0.717) is 5.69 Å². The van der Waals surface area contributed by atoms with Gasteiger partial charge >= 0.3 is 6.03 Å². The summed E-state index contributed by atoms with van der Waals surface area (Å²) < 4.78 is 0. The number of benzene rings is 2. The molecule has 0 spiro atoms. The molecule has 0 aromatic heterocycles. The number of carbonyl (C=O) groups is 1. The quantitative estimate of drug-likeness (QED) is 0.671. The molecule has 0 saturated carbocycles. The molecule has 0 radical (unpaired) electrons. The van der Waals surface area contributed by atoms with Gasteiger partial charge in [-0.2, -0.15) is 0 Å². The van der Waals surface area contributed by atoms with Gasteiger partial charge in [0.15, 0.2) is 0 Å². The van der Waals surface area contributed by atoms with Crippen molar-refractivity contribution in [3.63, 3.8) is 0 Å². The molecule has 0 atom stereocenters. The van der Waals surface area contributed by atoms with Crippen molar-refractivity contribution >= 4 is 28.8 Å². The second kappa shape index (κ2) is 4.97. The second-order valence-electron chi connectivity index (χ2n) is 4.43. The Hall–Kier alpha value is -2.95. The van der Waals surface area contributed by atoms with E-state index in [0.717, 1.165) is 22.9 Å². The van der Waals surface area contributed by atoms with E-state index in [-0.39, 0.29) is 6.03 Å². The fourth-order valence-corrected chi connectivity index (χ4v) is 2.01. The van der Waals surface area contributed by atoms with Crippen molar-refractivity contribution in [2.45, 2.75) is 0 Å². The summed E-state index contributed by atoms with van der Waals surface area (Å²) in [5.41, 5.74) is 3.30. The third-order valence-electron chi connectivity index (χ3n) is 2.88. The number of hydrogen-bond acceptors (Lipinski definition) is 3. The average Bonchev–Trinajstić information content (AvgIpc) is 2.79. The Labute approximate surface area is 116 Å². The summed E-state index contributed by atoms with van der Waals surface area (Å²) in [4.78, 5) is 11.9. The van der Waals surface area contributed by atoms with Gasteiger partial charge < -0.3 is 21.3 Å². The summed E-state index contributed by atoms with van der Waals surface area (Å²) in [5.74, 6) is 0.728. The smallest absolute Gasteiger partial charge is 0.323 e. The zero-order valence-corrected chi connectivity index (χ0v) is 10.7. The number of rotatable bonds is 2. The monoisotopic (exact) mass is 266 g/mol. The Morgan fingerprint density at radius 2 is 1.60 bits per heavy atom. The molecule has 5 nitrogen and oxygen atoms in total. The third kappa shape index (κ3) is 2.56. The Balaban J connectivity index is 1.68. The molecule has 2 aromatic carbocycles. The van der Waals surface area contributed by atoms with E-state index in [1.54, 1.807) is 0 Å². The largest absolute Gasteiger partial charge is 0.341 e. The minimum Gasteiger partial charge on any atom is -0.341 e. The first-order chi connectivity index (χ1) is 9.70. The maximum Gasteiger partial charge on any atom is 0.323 e. The number of amides is 2. The van der Waals surface area contributed by atoms with E-state index in [2.05, 4.69) is 27.8 Å². The van der Waals surface area contributed by atoms with Gasteiger partial charge in [-0.05, 0) is 30.3 Å². The van der Waals surface area contributed by atoms with Crippen LogP contribution in [0.4, 0.5) is 27.5 Å². The van der Waals surface area contributed by atoms with E-state index in [4.69, 9.17) is 0 Å². The van der Waals surface area contributed by atoms with Crippen molar-refractivity contribution in [1.29, 1.82) is 0 Å². The molecular formula is C15H14N4O. The maximum atomic E-state index is 11.9. The number of para-hydroxylation sites is 1. The fraction of sp³-hybridized carbons (Fsp3) is 0. The third-order valence-corrected chi connectivity index (χ3v) is 2.88. The van der Waals surface area contributed by atoms with Crippen LogP contribution in [0.25, 0.3) is 0 Å². The summed E-state index contributed by atoms with van der Waals surface area (Å²) >= 11 is 0. The van der Waals surface area contributed by atoms with Gasteiger partial charge in [-0.15, -0.1) is 0 Å². The number of urea groups is 1. The predicted molar refractivity (Wildman–Crippen MR) is 81.9 cm³/mol. The van der Waals surface area contributed by atoms with Crippen molar-refractivity contribution < 1.29 is 4.79 Å². The minimum absolute atomic E-state index is 0.277. The van der Waals surface area contributed by atoms with Crippen LogP contribution in [0.2, 0.25) is 0 Å². The topological polar surface area (TPSA) is 65.2 Å². The van der Waals surface area contributed by atoms with Crippen molar-refractivity contribution in [3.05, 3.63) is 60.9 Å². The molecule has 0 saturated heterocycles. The van der Waals surface area contributed by atoms with Crippen LogP contribution < -0.4 is 21.3 Å². The number of hydrogen-bond donors (Lipinski definition) is 4. The molecular weight excluding hydrogens is 252 g/mol. The van der Waals surface area contributed by atoms with Crippen molar-refractivity contribution in [1.82, 2.24) is 0 Å². The van der Waals surface area contributed by atoms with E-state index >= 15 is 0 Å². The first kappa shape index (κ1) is 12.1. The Bertz CT molecular complexity index is 667. The highest BCUT2D eigenvalue weighted by atomic mass is 16.2. The van der Waals surface area contributed by atoms with Crippen LogP contribution >= 0.6 is 0 Å². The molecule has 2 aromatic rings. The second-order valence-corrected chi connectivity index (χ2v) is 4.43. The number of anilines is 4. The highest BCUT2D eigenvalue weighted by molar-refractivity contribution is 6.00.